The van der Waals surface area contributed by atoms with Crippen LogP contribution in [0.1, 0.15) is 22.7 Å². The van der Waals surface area contributed by atoms with Crippen molar-refractivity contribution in [2.24, 2.45) is 0 Å². The van der Waals surface area contributed by atoms with Gasteiger partial charge in [0, 0.05) is 16.2 Å². The van der Waals surface area contributed by atoms with Gasteiger partial charge in [-0.2, -0.15) is 0 Å². The summed E-state index contributed by atoms with van der Waals surface area (Å²) in [5.41, 5.74) is 4.32. The van der Waals surface area contributed by atoms with Crippen molar-refractivity contribution in [2.75, 3.05) is 4.90 Å². The van der Waals surface area contributed by atoms with Gasteiger partial charge in [0.2, 0.25) is 0 Å². The van der Waals surface area contributed by atoms with Crippen molar-refractivity contribution < 1.29 is 4.79 Å². The van der Waals surface area contributed by atoms with Crippen molar-refractivity contribution in [1.29, 1.82) is 0 Å². The van der Waals surface area contributed by atoms with Crippen LogP contribution in [0.25, 0.3) is 12.2 Å². The van der Waals surface area contributed by atoms with Gasteiger partial charge in [-0.1, -0.05) is 60.1 Å². The van der Waals surface area contributed by atoms with Gasteiger partial charge in [0.15, 0.2) is 0 Å². The Kier molecular flexibility index (Phi) is 5.84. The molecule has 1 aliphatic heterocycles. The highest BCUT2D eigenvalue weighted by Gasteiger charge is 2.31. The van der Waals surface area contributed by atoms with Crippen LogP contribution < -0.4 is 4.90 Å². The number of rotatable bonds is 5. The van der Waals surface area contributed by atoms with Crippen LogP contribution in [-0.2, 0) is 4.79 Å². The van der Waals surface area contributed by atoms with E-state index >= 15 is 0 Å². The van der Waals surface area contributed by atoms with E-state index in [-0.39, 0.29) is 0 Å². The summed E-state index contributed by atoms with van der Waals surface area (Å²) in [5, 5.41) is 1.26. The quantitative estimate of drug-likeness (QED) is 0.329. The summed E-state index contributed by atoms with van der Waals surface area (Å²) in [4.78, 5) is 18.7. The average Bonchev–Trinajstić information content (AvgIpc) is 2.76. The Labute approximate surface area is 185 Å². The molecule has 0 bridgehead atoms. The van der Waals surface area contributed by atoms with Crippen molar-refractivity contribution in [3.05, 3.63) is 118 Å². The number of hydrogen-bond donors (Lipinski definition) is 0. The number of hydrogen-bond acceptors (Lipinski definition) is 3. The lowest BCUT2D eigenvalue weighted by atomic mass is 9.91. The average molecular weight is 433 g/mol. The number of aromatic nitrogens is 1. The third kappa shape index (κ3) is 3.95. The molecule has 0 radical (unpaired) electrons. The molecular weight excluding hydrogens is 415 g/mol. The topological polar surface area (TPSA) is 33.2 Å². The third-order valence-corrected chi connectivity index (χ3v) is 5.38. The number of pyridine rings is 1. The van der Waals surface area contributed by atoms with Crippen molar-refractivity contribution >= 4 is 47.5 Å². The molecule has 2 heterocycles. The second-order valence-corrected chi connectivity index (χ2v) is 7.67. The molecule has 5 heteroatoms. The molecule has 3 aromatic rings. The molecule has 2 aromatic carbocycles. The van der Waals surface area contributed by atoms with Crippen molar-refractivity contribution in [3.63, 3.8) is 0 Å². The van der Waals surface area contributed by atoms with Gasteiger partial charge in [0.1, 0.15) is 18.1 Å². The molecule has 1 aromatic heterocycles. The van der Waals surface area contributed by atoms with E-state index in [1.165, 1.54) is 0 Å². The van der Waals surface area contributed by atoms with Crippen molar-refractivity contribution in [1.82, 2.24) is 4.98 Å². The van der Waals surface area contributed by atoms with E-state index in [4.69, 9.17) is 23.2 Å². The SMILES string of the molecule is C=CC(=Cc1cccc(Cl)c1)C1=Cc2cc(Cl)ccc2C(C=O)N1c1ccccn1. The Morgan fingerprint density at radius 3 is 2.57 bits per heavy atom. The van der Waals surface area contributed by atoms with Crippen LogP contribution in [0.4, 0.5) is 5.82 Å². The number of halogens is 2. The van der Waals surface area contributed by atoms with E-state index in [0.717, 1.165) is 34.2 Å². The molecule has 0 N–H and O–H groups in total. The highest BCUT2D eigenvalue weighted by atomic mass is 35.5. The van der Waals surface area contributed by atoms with Gasteiger partial charge in [-0.05, 0) is 70.8 Å². The van der Waals surface area contributed by atoms with Crippen molar-refractivity contribution in [2.45, 2.75) is 6.04 Å². The van der Waals surface area contributed by atoms with E-state index < -0.39 is 6.04 Å². The minimum Gasteiger partial charge on any atom is -0.311 e. The van der Waals surface area contributed by atoms with Crippen LogP contribution in [0.15, 0.2) is 90.8 Å². The molecule has 0 spiro atoms. The summed E-state index contributed by atoms with van der Waals surface area (Å²) >= 11 is 12.4. The van der Waals surface area contributed by atoms with E-state index in [1.807, 2.05) is 71.6 Å². The number of benzene rings is 2. The number of carbonyl (C=O) groups is 1. The number of aldehydes is 1. The molecule has 148 valence electrons. The largest absolute Gasteiger partial charge is 0.311 e. The highest BCUT2D eigenvalue weighted by molar-refractivity contribution is 6.31. The van der Waals surface area contributed by atoms with Crippen LogP contribution >= 0.6 is 23.2 Å². The molecule has 1 atom stereocenters. The maximum Gasteiger partial charge on any atom is 0.147 e. The predicted molar refractivity (Wildman–Crippen MR) is 125 cm³/mol. The van der Waals surface area contributed by atoms with Gasteiger partial charge in [0.25, 0.3) is 0 Å². The molecule has 0 aliphatic carbocycles. The highest BCUT2D eigenvalue weighted by Crippen LogP contribution is 2.40. The van der Waals surface area contributed by atoms with Gasteiger partial charge in [-0.15, -0.1) is 0 Å². The molecule has 0 fully saturated rings. The summed E-state index contributed by atoms with van der Waals surface area (Å²) in [6.45, 7) is 4.00. The van der Waals surface area contributed by atoms with E-state index in [9.17, 15) is 4.79 Å². The van der Waals surface area contributed by atoms with Gasteiger partial charge in [0.05, 0.1) is 5.70 Å². The Morgan fingerprint density at radius 1 is 1.03 bits per heavy atom. The van der Waals surface area contributed by atoms with E-state index in [0.29, 0.717) is 15.9 Å². The molecule has 1 unspecified atom stereocenters. The Hall–Kier alpha value is -3.14. The first-order valence-corrected chi connectivity index (χ1v) is 10.1. The Bertz CT molecular complexity index is 1170. The maximum absolute atomic E-state index is 12.3. The molecule has 30 heavy (non-hydrogen) atoms. The molecule has 3 nitrogen and oxygen atoms in total. The number of nitrogens with zero attached hydrogens (tertiary/aromatic N) is 2. The third-order valence-electron chi connectivity index (χ3n) is 4.91. The lowest BCUT2D eigenvalue weighted by molar-refractivity contribution is -0.109. The normalized spacial score (nSPS) is 15.9. The lowest BCUT2D eigenvalue weighted by Gasteiger charge is -2.36. The summed E-state index contributed by atoms with van der Waals surface area (Å²) in [7, 11) is 0. The second-order valence-electron chi connectivity index (χ2n) is 6.80. The fourth-order valence-corrected chi connectivity index (χ4v) is 3.96. The van der Waals surface area contributed by atoms with Crippen LogP contribution in [0.3, 0.4) is 0 Å². The fourth-order valence-electron chi connectivity index (χ4n) is 3.58. The Balaban J connectivity index is 1.94. The first kappa shape index (κ1) is 20.1. The van der Waals surface area contributed by atoms with E-state index in [1.54, 1.807) is 18.3 Å². The van der Waals surface area contributed by atoms with Gasteiger partial charge < -0.3 is 9.69 Å². The zero-order valence-corrected chi connectivity index (χ0v) is 17.5. The van der Waals surface area contributed by atoms with Crippen LogP contribution in [0.2, 0.25) is 10.0 Å². The number of carbonyl (C=O) groups excluding carboxylic acids is 1. The molecule has 0 saturated carbocycles. The zero-order chi connectivity index (χ0) is 21.1. The molecule has 0 amide bonds. The van der Waals surface area contributed by atoms with E-state index in [2.05, 4.69) is 11.6 Å². The second kappa shape index (κ2) is 8.70. The maximum atomic E-state index is 12.3. The first-order chi connectivity index (χ1) is 14.6. The van der Waals surface area contributed by atoms with Crippen LogP contribution in [0, 0.1) is 0 Å². The number of fused-ring (bicyclic) bond motifs is 1. The fraction of sp³-hybridized carbons (Fsp3) is 0.0400. The lowest BCUT2D eigenvalue weighted by Crippen LogP contribution is -2.33. The minimum atomic E-state index is -0.546. The molecule has 0 saturated heterocycles. The molecule has 4 rings (SSSR count). The minimum absolute atomic E-state index is 0.546. The van der Waals surface area contributed by atoms with Crippen molar-refractivity contribution in [3.8, 4) is 0 Å². The molecule has 1 aliphatic rings. The summed E-state index contributed by atoms with van der Waals surface area (Å²) in [6, 6.07) is 18.2. The summed E-state index contributed by atoms with van der Waals surface area (Å²) in [6.07, 6.45) is 8.39. The smallest absolute Gasteiger partial charge is 0.147 e. The summed E-state index contributed by atoms with van der Waals surface area (Å²) < 4.78 is 0. The molecular formula is C25H18Cl2N2O. The predicted octanol–water partition coefficient (Wildman–Crippen LogP) is 6.76. The summed E-state index contributed by atoms with van der Waals surface area (Å²) in [5.74, 6) is 0.667. The van der Waals surface area contributed by atoms with Gasteiger partial charge in [-0.25, -0.2) is 4.98 Å². The number of allylic oxidation sites excluding steroid dienone is 1. The van der Waals surface area contributed by atoms with Gasteiger partial charge in [-0.3, -0.25) is 0 Å². The van der Waals surface area contributed by atoms with Crippen LogP contribution in [0.5, 0.6) is 0 Å². The van der Waals surface area contributed by atoms with Crippen LogP contribution in [-0.4, -0.2) is 11.3 Å². The number of anilines is 1. The van der Waals surface area contributed by atoms with Gasteiger partial charge >= 0.3 is 0 Å². The standard InChI is InChI=1S/C25H18Cl2N2O/c1-2-18(12-17-6-5-7-20(26)13-17)23-15-19-14-21(27)9-10-22(19)24(16-30)29(23)25-8-3-4-11-28-25/h2-16,24H,1H2. The first-order valence-electron chi connectivity index (χ1n) is 9.37. The zero-order valence-electron chi connectivity index (χ0n) is 16.0. The monoisotopic (exact) mass is 432 g/mol. The Morgan fingerprint density at radius 2 is 1.87 bits per heavy atom.